The van der Waals surface area contributed by atoms with E-state index in [-0.39, 0.29) is 17.4 Å². The first-order chi connectivity index (χ1) is 15.2. The normalized spacial score (nSPS) is 22.8. The highest BCUT2D eigenvalue weighted by Crippen LogP contribution is 2.35. The van der Waals surface area contributed by atoms with Crippen LogP contribution in [0.4, 0.5) is 0 Å². The molecule has 3 fully saturated rings. The highest BCUT2D eigenvalue weighted by Gasteiger charge is 2.38. The van der Waals surface area contributed by atoms with Crippen molar-refractivity contribution in [2.45, 2.75) is 56.9 Å². The highest BCUT2D eigenvalue weighted by molar-refractivity contribution is 5.94. The molecule has 2 aliphatic heterocycles. The second-order valence-electron chi connectivity index (χ2n) is 9.54. The molecule has 2 amide bonds. The Hall–Kier alpha value is -1.92. The van der Waals surface area contributed by atoms with E-state index in [1.807, 2.05) is 35.2 Å². The third-order valence-electron chi connectivity index (χ3n) is 7.47. The van der Waals surface area contributed by atoms with Crippen molar-refractivity contribution in [1.82, 2.24) is 20.0 Å². The fourth-order valence-corrected chi connectivity index (χ4v) is 5.58. The van der Waals surface area contributed by atoms with Gasteiger partial charge in [-0.2, -0.15) is 0 Å². The first kappa shape index (κ1) is 22.3. The van der Waals surface area contributed by atoms with Gasteiger partial charge in [-0.1, -0.05) is 43.9 Å². The Morgan fingerprint density at radius 3 is 2.13 bits per heavy atom. The summed E-state index contributed by atoms with van der Waals surface area (Å²) in [6.07, 6.45) is 10.3. The molecule has 0 unspecified atom stereocenters. The van der Waals surface area contributed by atoms with Gasteiger partial charge in [0.2, 0.25) is 5.91 Å². The highest BCUT2D eigenvalue weighted by atomic mass is 16.2. The lowest BCUT2D eigenvalue weighted by molar-refractivity contribution is -0.123. The molecular formula is C25H38N4O2. The van der Waals surface area contributed by atoms with Crippen molar-refractivity contribution in [1.29, 1.82) is 0 Å². The molecule has 0 aromatic heterocycles. The van der Waals surface area contributed by atoms with Crippen LogP contribution in [0.15, 0.2) is 30.3 Å². The number of nitrogens with one attached hydrogen (secondary N) is 1. The minimum Gasteiger partial charge on any atom is -0.353 e. The number of amides is 2. The number of hydrogen-bond donors (Lipinski definition) is 1. The van der Waals surface area contributed by atoms with Gasteiger partial charge in [-0.05, 0) is 50.9 Å². The summed E-state index contributed by atoms with van der Waals surface area (Å²) in [6, 6.07) is 9.46. The first-order valence-electron chi connectivity index (χ1n) is 12.2. The Morgan fingerprint density at radius 1 is 0.806 bits per heavy atom. The maximum atomic E-state index is 12.8. The van der Waals surface area contributed by atoms with Crippen LogP contribution in [-0.2, 0) is 4.79 Å². The largest absolute Gasteiger partial charge is 0.353 e. The van der Waals surface area contributed by atoms with Crippen molar-refractivity contribution in [2.24, 2.45) is 0 Å². The zero-order valence-corrected chi connectivity index (χ0v) is 18.9. The summed E-state index contributed by atoms with van der Waals surface area (Å²) in [6.45, 7) is 6.46. The van der Waals surface area contributed by atoms with Crippen molar-refractivity contribution in [2.75, 3.05) is 52.4 Å². The van der Waals surface area contributed by atoms with Gasteiger partial charge in [0.15, 0.2) is 0 Å². The van der Waals surface area contributed by atoms with E-state index in [1.165, 1.54) is 64.5 Å². The average Bonchev–Trinajstić information content (AvgIpc) is 2.84. The maximum absolute atomic E-state index is 12.8. The molecule has 2 heterocycles. The molecular weight excluding hydrogens is 388 g/mol. The molecule has 1 aromatic carbocycles. The van der Waals surface area contributed by atoms with Gasteiger partial charge in [0.25, 0.3) is 5.91 Å². The number of rotatable bonds is 6. The lowest BCUT2D eigenvalue weighted by atomic mass is 9.79. The van der Waals surface area contributed by atoms with Gasteiger partial charge >= 0.3 is 0 Å². The summed E-state index contributed by atoms with van der Waals surface area (Å²) in [5, 5.41) is 3.29. The molecule has 4 rings (SSSR count). The third-order valence-corrected chi connectivity index (χ3v) is 7.47. The molecule has 3 aliphatic rings. The van der Waals surface area contributed by atoms with Gasteiger partial charge in [-0.25, -0.2) is 0 Å². The minimum absolute atomic E-state index is 0.0884. The molecule has 1 saturated carbocycles. The van der Waals surface area contributed by atoms with Gasteiger partial charge < -0.3 is 10.2 Å². The lowest BCUT2D eigenvalue weighted by Gasteiger charge is -2.48. The number of carbonyl (C=O) groups is 2. The smallest absolute Gasteiger partial charge is 0.253 e. The number of nitrogens with zero attached hydrogens (tertiary/aromatic N) is 3. The monoisotopic (exact) mass is 426 g/mol. The van der Waals surface area contributed by atoms with Crippen molar-refractivity contribution in [3.05, 3.63) is 35.9 Å². The summed E-state index contributed by atoms with van der Waals surface area (Å²) >= 11 is 0. The second-order valence-corrected chi connectivity index (χ2v) is 9.54. The van der Waals surface area contributed by atoms with Crippen LogP contribution < -0.4 is 5.32 Å². The molecule has 2 saturated heterocycles. The molecule has 6 nitrogen and oxygen atoms in total. The summed E-state index contributed by atoms with van der Waals surface area (Å²) < 4.78 is 0. The van der Waals surface area contributed by atoms with E-state index in [2.05, 4.69) is 15.1 Å². The Bertz CT molecular complexity index is 718. The molecule has 1 aliphatic carbocycles. The van der Waals surface area contributed by atoms with Crippen LogP contribution in [0, 0.1) is 0 Å². The Morgan fingerprint density at radius 2 is 1.45 bits per heavy atom. The van der Waals surface area contributed by atoms with Gasteiger partial charge in [-0.3, -0.25) is 19.4 Å². The SMILES string of the molecule is O=C(CN1CCN(C(=O)c2ccccc2)CC1)NCC1(N2CCCCC2)CCCCC1. The van der Waals surface area contributed by atoms with E-state index in [1.54, 1.807) is 0 Å². The zero-order valence-electron chi connectivity index (χ0n) is 18.9. The summed E-state index contributed by atoms with van der Waals surface area (Å²) in [4.78, 5) is 32.1. The Balaban J connectivity index is 1.24. The molecule has 0 radical (unpaired) electrons. The molecule has 6 heteroatoms. The van der Waals surface area contributed by atoms with E-state index in [9.17, 15) is 9.59 Å². The first-order valence-corrected chi connectivity index (χ1v) is 12.2. The van der Waals surface area contributed by atoms with E-state index < -0.39 is 0 Å². The molecule has 1 N–H and O–H groups in total. The van der Waals surface area contributed by atoms with Crippen LogP contribution in [-0.4, -0.2) is 84.4 Å². The van der Waals surface area contributed by atoms with E-state index in [4.69, 9.17) is 0 Å². The molecule has 0 bridgehead atoms. The molecule has 31 heavy (non-hydrogen) atoms. The van der Waals surface area contributed by atoms with Crippen LogP contribution in [0.25, 0.3) is 0 Å². The predicted molar refractivity (Wildman–Crippen MR) is 123 cm³/mol. The average molecular weight is 427 g/mol. The molecule has 170 valence electrons. The molecule has 0 atom stereocenters. The van der Waals surface area contributed by atoms with Crippen LogP contribution >= 0.6 is 0 Å². The Labute approximate surface area is 187 Å². The van der Waals surface area contributed by atoms with Crippen LogP contribution in [0.3, 0.4) is 0 Å². The van der Waals surface area contributed by atoms with Gasteiger partial charge in [0, 0.05) is 43.8 Å². The fourth-order valence-electron chi connectivity index (χ4n) is 5.58. The quantitative estimate of drug-likeness (QED) is 0.760. The predicted octanol–water partition coefficient (Wildman–Crippen LogP) is 2.75. The number of hydrogen-bond acceptors (Lipinski definition) is 4. The van der Waals surface area contributed by atoms with Gasteiger partial charge in [-0.15, -0.1) is 0 Å². The summed E-state index contributed by atoms with van der Waals surface area (Å²) in [7, 11) is 0. The fraction of sp³-hybridized carbons (Fsp3) is 0.680. The topological polar surface area (TPSA) is 55.9 Å². The van der Waals surface area contributed by atoms with E-state index in [0.29, 0.717) is 19.6 Å². The molecule has 0 spiro atoms. The van der Waals surface area contributed by atoms with E-state index in [0.717, 1.165) is 25.2 Å². The number of piperidine rings is 1. The number of carbonyl (C=O) groups excluding carboxylic acids is 2. The number of likely N-dealkylation sites (tertiary alicyclic amines) is 1. The van der Waals surface area contributed by atoms with Crippen LogP contribution in [0.5, 0.6) is 0 Å². The van der Waals surface area contributed by atoms with E-state index >= 15 is 0 Å². The molecule has 1 aromatic rings. The van der Waals surface area contributed by atoms with Crippen LogP contribution in [0.1, 0.15) is 61.7 Å². The third kappa shape index (κ3) is 5.66. The standard InChI is InChI=1S/C25H38N4O2/c30-23(26-21-25(12-6-2-7-13-25)29-14-8-3-9-15-29)20-27-16-18-28(19-17-27)24(31)22-10-4-1-5-11-22/h1,4-5,10-11H,2-3,6-9,12-21H2,(H,26,30). The van der Waals surface area contributed by atoms with Gasteiger partial charge in [0.05, 0.1) is 6.54 Å². The van der Waals surface area contributed by atoms with Crippen molar-refractivity contribution in [3.63, 3.8) is 0 Å². The van der Waals surface area contributed by atoms with Crippen LogP contribution in [0.2, 0.25) is 0 Å². The summed E-state index contributed by atoms with van der Waals surface area (Å²) in [5.74, 6) is 0.218. The van der Waals surface area contributed by atoms with Gasteiger partial charge in [0.1, 0.15) is 0 Å². The van der Waals surface area contributed by atoms with Crippen molar-refractivity contribution >= 4 is 11.8 Å². The number of benzene rings is 1. The van der Waals surface area contributed by atoms with Crippen molar-refractivity contribution in [3.8, 4) is 0 Å². The maximum Gasteiger partial charge on any atom is 0.253 e. The lowest BCUT2D eigenvalue weighted by Crippen LogP contribution is -2.59. The minimum atomic E-state index is 0.0884. The Kier molecular flexibility index (Phi) is 7.62. The zero-order chi connectivity index (χ0) is 21.5. The number of piperazine rings is 1. The summed E-state index contributed by atoms with van der Waals surface area (Å²) in [5.41, 5.74) is 0.916. The second kappa shape index (κ2) is 10.6. The van der Waals surface area contributed by atoms with Crippen molar-refractivity contribution < 1.29 is 9.59 Å².